The molecular formula is C19H15BrF9N5. The molecule has 0 amide bonds. The Morgan fingerprint density at radius 3 is 1.82 bits per heavy atom. The Balaban J connectivity index is 2.58. The predicted octanol–water partition coefficient (Wildman–Crippen LogP) is 7.08. The number of aryl methyl sites for hydroxylation is 1. The molecule has 34 heavy (non-hydrogen) atoms. The third kappa shape index (κ3) is 6.61. The fraction of sp³-hybridized carbons (Fsp3) is 0.316. The average molecular weight is 564 g/mol. The van der Waals surface area contributed by atoms with Crippen molar-refractivity contribution < 1.29 is 39.5 Å². The second kappa shape index (κ2) is 9.80. The van der Waals surface area contributed by atoms with Crippen LogP contribution in [0.4, 0.5) is 39.5 Å². The van der Waals surface area contributed by atoms with Gasteiger partial charge in [-0.05, 0) is 53.9 Å². The minimum atomic E-state index is -5.10. The lowest BCUT2D eigenvalue weighted by atomic mass is 10.0. The molecule has 0 fully saturated rings. The smallest absolute Gasteiger partial charge is 0.330 e. The zero-order valence-corrected chi connectivity index (χ0v) is 18.6. The molecule has 15 heteroatoms. The van der Waals surface area contributed by atoms with Gasteiger partial charge in [0.25, 0.3) is 5.96 Å². The van der Waals surface area contributed by atoms with Crippen LogP contribution in [0.5, 0.6) is 0 Å². The number of guanidine groups is 1. The number of hydrogen-bond donors (Lipinski definition) is 2. The van der Waals surface area contributed by atoms with Crippen LogP contribution in [0.2, 0.25) is 0 Å². The van der Waals surface area contributed by atoms with Crippen molar-refractivity contribution in [3.63, 3.8) is 0 Å². The van der Waals surface area contributed by atoms with Gasteiger partial charge >= 0.3 is 18.5 Å². The van der Waals surface area contributed by atoms with E-state index < -0.39 is 59.8 Å². The van der Waals surface area contributed by atoms with E-state index in [1.165, 1.54) is 6.92 Å². The first-order valence-electron chi connectivity index (χ1n) is 9.02. The first-order chi connectivity index (χ1) is 15.5. The van der Waals surface area contributed by atoms with E-state index >= 15 is 0 Å². The number of benzene rings is 2. The molecule has 0 unspecified atom stereocenters. The lowest BCUT2D eigenvalue weighted by Gasteiger charge is -2.25. The van der Waals surface area contributed by atoms with Crippen molar-refractivity contribution in [2.75, 3.05) is 0 Å². The summed E-state index contributed by atoms with van der Waals surface area (Å²) in [6.07, 6.45) is -14.9. The van der Waals surface area contributed by atoms with Gasteiger partial charge in [-0.1, -0.05) is 15.9 Å². The lowest BCUT2D eigenvalue weighted by molar-refractivity contribution is -0.143. The predicted molar refractivity (Wildman–Crippen MR) is 106 cm³/mol. The lowest BCUT2D eigenvalue weighted by Crippen LogP contribution is -2.30. The normalized spacial score (nSPS) is 13.2. The number of rotatable bonds is 4. The van der Waals surface area contributed by atoms with E-state index in [9.17, 15) is 39.5 Å². The summed E-state index contributed by atoms with van der Waals surface area (Å²) in [4.78, 5) is 0.873. The van der Waals surface area contributed by atoms with Crippen molar-refractivity contribution >= 4 is 21.9 Å². The number of nitrogens with two attached hydrogens (primary N) is 1. The molecule has 0 aromatic heterocycles. The quantitative estimate of drug-likeness (QED) is 0.104. The molecule has 0 aliphatic heterocycles. The summed E-state index contributed by atoms with van der Waals surface area (Å²) >= 11 is 3.09. The molecule has 5 nitrogen and oxygen atoms in total. The monoisotopic (exact) mass is 563 g/mol. The summed E-state index contributed by atoms with van der Waals surface area (Å²) in [5.74, 6) is 4.50. The highest BCUT2D eigenvalue weighted by Gasteiger charge is 2.37. The Labute approximate surface area is 195 Å². The maximum atomic E-state index is 13.3. The number of alkyl halides is 9. The molecule has 0 aliphatic rings. The first-order valence-corrected chi connectivity index (χ1v) is 9.81. The highest BCUT2D eigenvalue weighted by molar-refractivity contribution is 9.10. The molecule has 0 atom stereocenters. The number of hydrazone groups is 1. The molecule has 3 N–H and O–H groups in total. The van der Waals surface area contributed by atoms with Crippen molar-refractivity contribution in [2.45, 2.75) is 38.5 Å². The van der Waals surface area contributed by atoms with E-state index in [2.05, 4.69) is 26.1 Å². The van der Waals surface area contributed by atoms with Crippen LogP contribution >= 0.6 is 15.9 Å². The highest BCUT2D eigenvalue weighted by Crippen LogP contribution is 2.38. The minimum Gasteiger partial charge on any atom is -0.330 e. The molecular weight excluding hydrogens is 549 g/mol. The zero-order valence-electron chi connectivity index (χ0n) is 17.0. The van der Waals surface area contributed by atoms with Crippen LogP contribution in [0.15, 0.2) is 45.0 Å². The van der Waals surface area contributed by atoms with E-state index in [0.29, 0.717) is 12.1 Å². The minimum absolute atomic E-state index is 0.0502. The molecule has 0 spiro atoms. The topological polar surface area (TPSA) is 77.8 Å². The van der Waals surface area contributed by atoms with Crippen LogP contribution in [-0.4, -0.2) is 10.9 Å². The van der Waals surface area contributed by atoms with Gasteiger partial charge in [0.2, 0.25) is 0 Å². The van der Waals surface area contributed by atoms with Crippen molar-refractivity contribution in [3.8, 4) is 0 Å². The maximum absolute atomic E-state index is 13.3. The third-order valence-electron chi connectivity index (χ3n) is 4.58. The summed E-state index contributed by atoms with van der Waals surface area (Å²) in [5, 5.41) is 6.15. The Morgan fingerprint density at radius 1 is 0.882 bits per heavy atom. The zero-order chi connectivity index (χ0) is 26.1. The Kier molecular flexibility index (Phi) is 7.90. The van der Waals surface area contributed by atoms with E-state index in [0.717, 1.165) is 17.0 Å². The highest BCUT2D eigenvalue weighted by atomic mass is 79.9. The van der Waals surface area contributed by atoms with Gasteiger partial charge in [-0.15, -0.1) is 10.2 Å². The van der Waals surface area contributed by atoms with E-state index in [-0.39, 0.29) is 21.7 Å². The second-order valence-electron chi connectivity index (χ2n) is 7.07. The average Bonchev–Trinajstić information content (AvgIpc) is 2.68. The van der Waals surface area contributed by atoms with E-state index in [1.807, 2.05) is 0 Å². The van der Waals surface area contributed by atoms with Gasteiger partial charge in [-0.2, -0.15) is 39.5 Å². The molecule has 2 aromatic carbocycles. The molecule has 0 bridgehead atoms. The standard InChI is InChI=1S/C19H15BrF9N5/c1-9-2-15(20)11(5-14(9)19(27,28)29)8-34(16(32-30)33-31)7-10-3-12(17(21,22)23)6-13(4-10)18(24,25)26/h2-6,30H,7-8,31H2,1H3. The van der Waals surface area contributed by atoms with Crippen LogP contribution < -0.4 is 5.84 Å². The largest absolute Gasteiger partial charge is 0.416 e. The van der Waals surface area contributed by atoms with Crippen molar-refractivity contribution in [1.29, 1.82) is 5.53 Å². The summed E-state index contributed by atoms with van der Waals surface area (Å²) in [6, 6.07) is 2.75. The molecule has 186 valence electrons. The van der Waals surface area contributed by atoms with E-state index in [4.69, 9.17) is 11.4 Å². The van der Waals surface area contributed by atoms with Crippen LogP contribution in [0.1, 0.15) is 33.4 Å². The summed E-state index contributed by atoms with van der Waals surface area (Å²) < 4.78 is 119. The van der Waals surface area contributed by atoms with Gasteiger partial charge in [0.15, 0.2) is 0 Å². The van der Waals surface area contributed by atoms with Gasteiger partial charge in [-0.25, -0.2) is 5.53 Å². The Hall–Kier alpha value is -2.84. The van der Waals surface area contributed by atoms with Gasteiger partial charge in [0, 0.05) is 17.6 Å². The molecule has 0 aliphatic carbocycles. The molecule has 0 heterocycles. The second-order valence-corrected chi connectivity index (χ2v) is 7.92. The number of halogens is 10. The van der Waals surface area contributed by atoms with Crippen molar-refractivity contribution in [2.24, 2.45) is 16.1 Å². The third-order valence-corrected chi connectivity index (χ3v) is 5.32. The SMILES string of the molecule is Cc1cc(Br)c(CN(Cc2cc(C(F)(F)F)cc(C(F)(F)F)c2)C(N=N)=NN)cc1C(F)(F)F. The van der Waals surface area contributed by atoms with Gasteiger partial charge in [-0.3, -0.25) is 0 Å². The van der Waals surface area contributed by atoms with Crippen LogP contribution in [0.3, 0.4) is 0 Å². The summed E-state index contributed by atoms with van der Waals surface area (Å²) in [7, 11) is 0. The molecule has 0 saturated heterocycles. The number of nitrogens with one attached hydrogen (secondary N) is 1. The molecule has 0 saturated carbocycles. The fourth-order valence-corrected chi connectivity index (χ4v) is 3.64. The van der Waals surface area contributed by atoms with Gasteiger partial charge in [0.1, 0.15) is 0 Å². The van der Waals surface area contributed by atoms with Crippen molar-refractivity contribution in [1.82, 2.24) is 4.90 Å². The number of nitrogens with zero attached hydrogens (tertiary/aromatic N) is 3. The first kappa shape index (κ1) is 27.4. The Morgan fingerprint density at radius 2 is 1.41 bits per heavy atom. The van der Waals surface area contributed by atoms with Crippen molar-refractivity contribution in [3.05, 3.63) is 68.2 Å². The summed E-state index contributed by atoms with van der Waals surface area (Å²) in [6.45, 7) is -0.0463. The summed E-state index contributed by atoms with van der Waals surface area (Å²) in [5.41, 5.74) is 2.31. The molecule has 0 radical (unpaired) electrons. The van der Waals surface area contributed by atoms with Gasteiger partial charge in [0.05, 0.1) is 16.7 Å². The van der Waals surface area contributed by atoms with Crippen LogP contribution in [0.25, 0.3) is 0 Å². The van der Waals surface area contributed by atoms with Gasteiger partial charge < -0.3 is 10.7 Å². The molecule has 2 aromatic rings. The molecule has 2 rings (SSSR count). The maximum Gasteiger partial charge on any atom is 0.416 e. The number of hydrogen-bond acceptors (Lipinski definition) is 3. The Bertz CT molecular complexity index is 1060. The van der Waals surface area contributed by atoms with Crippen LogP contribution in [0, 0.1) is 12.5 Å². The van der Waals surface area contributed by atoms with E-state index in [1.54, 1.807) is 0 Å². The van der Waals surface area contributed by atoms with Crippen LogP contribution in [-0.2, 0) is 31.6 Å². The fourth-order valence-electron chi connectivity index (χ4n) is 3.06.